The zero-order chi connectivity index (χ0) is 21.5. The molecule has 0 atom stereocenters. The van der Waals surface area contributed by atoms with E-state index >= 15 is 0 Å². The summed E-state index contributed by atoms with van der Waals surface area (Å²) in [5.41, 5.74) is 3.33. The van der Waals surface area contributed by atoms with Gasteiger partial charge in [-0.1, -0.05) is 56.3 Å². The predicted octanol–water partition coefficient (Wildman–Crippen LogP) is 6.54. The molecule has 2 aromatic heterocycles. The topological polar surface area (TPSA) is 30.2 Å². The van der Waals surface area contributed by atoms with Gasteiger partial charge in [0.1, 0.15) is 0 Å². The van der Waals surface area contributed by atoms with Crippen LogP contribution in [0.25, 0.3) is 16.8 Å². The van der Waals surface area contributed by atoms with Crippen LogP contribution in [0.3, 0.4) is 0 Å². The van der Waals surface area contributed by atoms with Crippen LogP contribution in [0.5, 0.6) is 0 Å². The second kappa shape index (κ2) is 7.68. The fraction of sp³-hybridized carbons (Fsp3) is 0.217. The Balaban J connectivity index is 1.78. The lowest BCUT2D eigenvalue weighted by molar-refractivity contribution is -0.137. The van der Waals surface area contributed by atoms with Gasteiger partial charge in [0, 0.05) is 17.2 Å². The maximum absolute atomic E-state index is 12.9. The Labute approximate surface area is 186 Å². The summed E-state index contributed by atoms with van der Waals surface area (Å²) in [6.07, 6.45) is -0.0720. The molecule has 7 heteroatoms. The minimum atomic E-state index is -4.36. The fourth-order valence-corrected chi connectivity index (χ4v) is 4.85. The molecule has 0 aliphatic carbocycles. The van der Waals surface area contributed by atoms with Crippen molar-refractivity contribution in [1.29, 1.82) is 0 Å². The molecular formula is C23H19F3IN3. The number of hydrogen-bond acceptors (Lipinski definition) is 2. The van der Waals surface area contributed by atoms with Crippen molar-refractivity contribution in [3.8, 4) is 11.1 Å². The third-order valence-corrected chi connectivity index (χ3v) is 5.92. The van der Waals surface area contributed by atoms with Crippen LogP contribution in [0.15, 0.2) is 67.0 Å². The monoisotopic (exact) mass is 521 g/mol. The lowest BCUT2D eigenvalue weighted by Gasteiger charge is -2.27. The molecule has 0 N–H and O–H groups in total. The van der Waals surface area contributed by atoms with Crippen molar-refractivity contribution >= 4 is 28.2 Å². The second-order valence-corrected chi connectivity index (χ2v) is 9.03. The zero-order valence-electron chi connectivity index (χ0n) is 16.4. The SMILES string of the molecule is CC(C)(Cc1ccccc1)c1c(I)cnc2c(-c3ccc(C(F)(F)F)cc3)cnn12. The third-order valence-electron chi connectivity index (χ3n) is 5.14. The molecule has 30 heavy (non-hydrogen) atoms. The van der Waals surface area contributed by atoms with Gasteiger partial charge in [0.2, 0.25) is 0 Å². The first kappa shape index (κ1) is 20.8. The summed E-state index contributed by atoms with van der Waals surface area (Å²) >= 11 is 2.27. The predicted molar refractivity (Wildman–Crippen MR) is 119 cm³/mol. The molecule has 0 aliphatic rings. The first-order valence-electron chi connectivity index (χ1n) is 9.41. The van der Waals surface area contributed by atoms with Crippen LogP contribution in [0.1, 0.15) is 30.7 Å². The van der Waals surface area contributed by atoms with E-state index in [0.717, 1.165) is 27.8 Å². The Kier molecular flexibility index (Phi) is 5.34. The highest BCUT2D eigenvalue weighted by Gasteiger charge is 2.31. The number of hydrogen-bond donors (Lipinski definition) is 0. The van der Waals surface area contributed by atoms with Crippen molar-refractivity contribution in [3.63, 3.8) is 0 Å². The van der Waals surface area contributed by atoms with Gasteiger partial charge in [-0.15, -0.1) is 0 Å². The summed E-state index contributed by atoms with van der Waals surface area (Å²) in [7, 11) is 0. The van der Waals surface area contributed by atoms with E-state index in [1.54, 1.807) is 12.4 Å². The van der Waals surface area contributed by atoms with Crippen molar-refractivity contribution in [2.45, 2.75) is 31.9 Å². The van der Waals surface area contributed by atoms with E-state index in [4.69, 9.17) is 0 Å². The number of halogens is 4. The number of benzene rings is 2. The standard InChI is InChI=1S/C23H19F3IN3/c1-22(2,12-15-6-4-3-5-7-15)20-19(27)14-28-21-18(13-29-30(20)21)16-8-10-17(11-9-16)23(24,25)26/h3-11,13-14H,12H2,1-2H3. The Morgan fingerprint density at radius 1 is 0.933 bits per heavy atom. The Morgan fingerprint density at radius 3 is 2.23 bits per heavy atom. The molecule has 2 heterocycles. The molecule has 2 aromatic carbocycles. The molecule has 0 amide bonds. The molecule has 0 bridgehead atoms. The van der Waals surface area contributed by atoms with Crippen LogP contribution in [-0.4, -0.2) is 14.6 Å². The number of fused-ring (bicyclic) bond motifs is 1. The summed E-state index contributed by atoms with van der Waals surface area (Å²) in [6.45, 7) is 4.33. The van der Waals surface area contributed by atoms with E-state index in [0.29, 0.717) is 16.8 Å². The van der Waals surface area contributed by atoms with Crippen LogP contribution in [-0.2, 0) is 18.0 Å². The molecule has 0 saturated carbocycles. The van der Waals surface area contributed by atoms with Crippen LogP contribution in [0, 0.1) is 3.57 Å². The quantitative estimate of drug-likeness (QED) is 0.286. The number of rotatable bonds is 4. The molecule has 0 unspecified atom stereocenters. The van der Waals surface area contributed by atoms with Crippen LogP contribution in [0.4, 0.5) is 13.2 Å². The van der Waals surface area contributed by atoms with Gasteiger partial charge in [-0.2, -0.15) is 18.3 Å². The maximum Gasteiger partial charge on any atom is 0.416 e. The van der Waals surface area contributed by atoms with E-state index in [1.807, 2.05) is 22.7 Å². The molecule has 0 aliphatic heterocycles. The average Bonchev–Trinajstić information content (AvgIpc) is 3.11. The summed E-state index contributed by atoms with van der Waals surface area (Å²) in [5, 5.41) is 4.56. The highest BCUT2D eigenvalue weighted by atomic mass is 127. The van der Waals surface area contributed by atoms with Crippen molar-refractivity contribution in [3.05, 3.63) is 87.4 Å². The summed E-state index contributed by atoms with van der Waals surface area (Å²) in [4.78, 5) is 4.54. The Morgan fingerprint density at radius 2 is 1.60 bits per heavy atom. The number of alkyl halides is 3. The summed E-state index contributed by atoms with van der Waals surface area (Å²) in [5.74, 6) is 0. The molecule has 0 saturated heterocycles. The van der Waals surface area contributed by atoms with E-state index in [9.17, 15) is 13.2 Å². The summed E-state index contributed by atoms with van der Waals surface area (Å²) in [6, 6.07) is 15.4. The van der Waals surface area contributed by atoms with Crippen molar-refractivity contribution in [1.82, 2.24) is 14.6 Å². The molecule has 3 nitrogen and oxygen atoms in total. The van der Waals surface area contributed by atoms with Crippen LogP contribution >= 0.6 is 22.6 Å². The Bertz CT molecular complexity index is 1180. The third kappa shape index (κ3) is 3.95. The first-order chi connectivity index (χ1) is 14.2. The van der Waals surface area contributed by atoms with Crippen molar-refractivity contribution in [2.75, 3.05) is 0 Å². The van der Waals surface area contributed by atoms with Gasteiger partial charge >= 0.3 is 6.18 Å². The van der Waals surface area contributed by atoms with E-state index < -0.39 is 11.7 Å². The zero-order valence-corrected chi connectivity index (χ0v) is 18.6. The van der Waals surface area contributed by atoms with Gasteiger partial charge < -0.3 is 0 Å². The normalized spacial score (nSPS) is 12.5. The molecule has 4 rings (SSSR count). The van der Waals surface area contributed by atoms with E-state index in [2.05, 4.69) is 58.7 Å². The number of nitrogens with zero attached hydrogens (tertiary/aromatic N) is 3. The van der Waals surface area contributed by atoms with Gasteiger partial charge in [-0.25, -0.2) is 9.50 Å². The number of aromatic nitrogens is 3. The molecule has 4 aromatic rings. The molecule has 0 spiro atoms. The van der Waals surface area contributed by atoms with Gasteiger partial charge in [-0.3, -0.25) is 0 Å². The molecule has 154 valence electrons. The Hall–Kier alpha value is -2.42. The minimum Gasteiger partial charge on any atom is -0.235 e. The smallest absolute Gasteiger partial charge is 0.235 e. The largest absolute Gasteiger partial charge is 0.416 e. The van der Waals surface area contributed by atoms with Gasteiger partial charge in [0.25, 0.3) is 0 Å². The maximum atomic E-state index is 12.9. The average molecular weight is 521 g/mol. The van der Waals surface area contributed by atoms with Gasteiger partial charge in [-0.05, 0) is 52.3 Å². The van der Waals surface area contributed by atoms with Gasteiger partial charge in [0.05, 0.1) is 21.0 Å². The first-order valence-corrected chi connectivity index (χ1v) is 10.5. The molecular weight excluding hydrogens is 502 g/mol. The highest BCUT2D eigenvalue weighted by Crippen LogP contribution is 2.35. The molecule has 0 radical (unpaired) electrons. The van der Waals surface area contributed by atoms with E-state index in [-0.39, 0.29) is 5.41 Å². The van der Waals surface area contributed by atoms with E-state index in [1.165, 1.54) is 17.7 Å². The lowest BCUT2D eigenvalue weighted by atomic mass is 9.82. The fourth-order valence-electron chi connectivity index (χ4n) is 3.75. The minimum absolute atomic E-state index is 0.234. The van der Waals surface area contributed by atoms with Gasteiger partial charge in [0.15, 0.2) is 5.65 Å². The second-order valence-electron chi connectivity index (χ2n) is 7.87. The summed E-state index contributed by atoms with van der Waals surface area (Å²) < 4.78 is 41.5. The van der Waals surface area contributed by atoms with Crippen LogP contribution < -0.4 is 0 Å². The van der Waals surface area contributed by atoms with Crippen LogP contribution in [0.2, 0.25) is 0 Å². The highest BCUT2D eigenvalue weighted by molar-refractivity contribution is 14.1. The lowest BCUT2D eigenvalue weighted by Crippen LogP contribution is -2.26. The molecule has 0 fully saturated rings. The van der Waals surface area contributed by atoms with Crippen molar-refractivity contribution < 1.29 is 13.2 Å². The van der Waals surface area contributed by atoms with Crippen molar-refractivity contribution in [2.24, 2.45) is 0 Å².